The number of hydrogen-bond donors (Lipinski definition) is 1. The number of likely N-dealkylation sites (N-methyl/N-ethyl adjacent to an activating group) is 1. The molecule has 7 heteroatoms. The van der Waals surface area contributed by atoms with Crippen LogP contribution >= 0.6 is 0 Å². The number of anilines is 3. The maximum atomic E-state index is 4.68. The van der Waals surface area contributed by atoms with Crippen LogP contribution < -0.4 is 15.1 Å². The van der Waals surface area contributed by atoms with Gasteiger partial charge in [0.1, 0.15) is 0 Å². The van der Waals surface area contributed by atoms with Crippen molar-refractivity contribution in [3.05, 3.63) is 0 Å². The van der Waals surface area contributed by atoms with Crippen molar-refractivity contribution in [1.29, 1.82) is 0 Å². The maximum Gasteiger partial charge on any atom is 0.232 e. The largest absolute Gasteiger partial charge is 0.357 e. The minimum Gasteiger partial charge on any atom is -0.357 e. The van der Waals surface area contributed by atoms with Crippen molar-refractivity contribution < 1.29 is 0 Å². The van der Waals surface area contributed by atoms with Gasteiger partial charge in [0, 0.05) is 39.8 Å². The Kier molecular flexibility index (Phi) is 5.55. The first-order valence-electron chi connectivity index (χ1n) is 7.80. The number of rotatable bonds is 5. The van der Waals surface area contributed by atoms with E-state index in [9.17, 15) is 0 Å². The minimum absolute atomic E-state index is 0.638. The van der Waals surface area contributed by atoms with Gasteiger partial charge in [-0.15, -0.1) is 0 Å². The fraction of sp³-hybridized carbons (Fsp3) is 0.786. The summed E-state index contributed by atoms with van der Waals surface area (Å²) in [6.07, 6.45) is 1.14. The van der Waals surface area contributed by atoms with Gasteiger partial charge in [0.15, 0.2) is 0 Å². The molecule has 21 heavy (non-hydrogen) atoms. The van der Waals surface area contributed by atoms with Crippen molar-refractivity contribution in [2.45, 2.75) is 20.3 Å². The number of nitrogens with zero attached hydrogens (tertiary/aromatic N) is 6. The topological polar surface area (TPSA) is 60.4 Å². The highest BCUT2D eigenvalue weighted by Crippen LogP contribution is 2.17. The van der Waals surface area contributed by atoms with Gasteiger partial charge in [0.05, 0.1) is 0 Å². The van der Waals surface area contributed by atoms with Crippen LogP contribution in [0, 0.1) is 0 Å². The normalized spacial score (nSPS) is 16.7. The lowest BCUT2D eigenvalue weighted by molar-refractivity contribution is 0.360. The second-order valence-corrected chi connectivity index (χ2v) is 5.33. The van der Waals surface area contributed by atoms with Gasteiger partial charge >= 0.3 is 0 Å². The molecule has 2 heterocycles. The summed E-state index contributed by atoms with van der Waals surface area (Å²) in [5, 5.41) is 3.05. The van der Waals surface area contributed by atoms with E-state index in [0.717, 1.165) is 57.6 Å². The zero-order valence-electron chi connectivity index (χ0n) is 13.6. The second-order valence-electron chi connectivity index (χ2n) is 5.33. The third-order valence-electron chi connectivity index (χ3n) is 3.88. The summed E-state index contributed by atoms with van der Waals surface area (Å²) >= 11 is 0. The average molecular weight is 293 g/mol. The Balaban J connectivity index is 2.27. The van der Waals surface area contributed by atoms with Gasteiger partial charge in [-0.1, -0.05) is 0 Å². The van der Waals surface area contributed by atoms with Crippen LogP contribution in [0.4, 0.5) is 17.8 Å². The van der Waals surface area contributed by atoms with Gasteiger partial charge in [0.25, 0.3) is 0 Å². The van der Waals surface area contributed by atoms with E-state index < -0.39 is 0 Å². The van der Waals surface area contributed by atoms with Crippen molar-refractivity contribution >= 4 is 17.8 Å². The average Bonchev–Trinajstić information content (AvgIpc) is 2.73. The van der Waals surface area contributed by atoms with Gasteiger partial charge in [-0.25, -0.2) is 0 Å². The van der Waals surface area contributed by atoms with E-state index in [0.29, 0.717) is 5.95 Å². The first-order chi connectivity index (χ1) is 10.2. The lowest BCUT2D eigenvalue weighted by atomic mass is 10.4. The molecule has 1 aliphatic heterocycles. The molecular weight excluding hydrogens is 266 g/mol. The molecule has 0 unspecified atom stereocenters. The van der Waals surface area contributed by atoms with Gasteiger partial charge in [-0.05, 0) is 33.9 Å². The quantitative estimate of drug-likeness (QED) is 0.865. The maximum absolute atomic E-state index is 4.68. The van der Waals surface area contributed by atoms with Crippen LogP contribution in [0.15, 0.2) is 0 Å². The molecule has 0 saturated carbocycles. The first kappa shape index (κ1) is 15.8. The lowest BCUT2D eigenvalue weighted by Crippen LogP contribution is -2.32. The summed E-state index contributed by atoms with van der Waals surface area (Å²) in [5.74, 6) is 2.18. The van der Waals surface area contributed by atoms with E-state index in [1.165, 1.54) is 0 Å². The van der Waals surface area contributed by atoms with E-state index >= 15 is 0 Å². The van der Waals surface area contributed by atoms with Crippen LogP contribution in [0.5, 0.6) is 0 Å². The van der Waals surface area contributed by atoms with Crippen LogP contribution in [-0.4, -0.2) is 73.2 Å². The van der Waals surface area contributed by atoms with Crippen LogP contribution in [0.1, 0.15) is 20.3 Å². The molecule has 0 radical (unpaired) electrons. The van der Waals surface area contributed by atoms with Crippen molar-refractivity contribution in [3.8, 4) is 0 Å². The molecule has 0 bridgehead atoms. The zero-order valence-corrected chi connectivity index (χ0v) is 13.6. The molecule has 0 spiro atoms. The second kappa shape index (κ2) is 7.40. The van der Waals surface area contributed by atoms with E-state index in [2.05, 4.69) is 55.9 Å². The van der Waals surface area contributed by atoms with Crippen molar-refractivity contribution in [2.24, 2.45) is 0 Å². The standard InChI is InChI=1S/C14H27N7/c1-5-20(6-2)13-16-12(15-3)17-14(18-13)21-9-7-8-19(4)10-11-21/h5-11H2,1-4H3,(H,15,16,17,18). The van der Waals surface area contributed by atoms with Crippen molar-refractivity contribution in [2.75, 3.05) is 68.5 Å². The van der Waals surface area contributed by atoms with E-state index in [1.807, 2.05) is 7.05 Å². The van der Waals surface area contributed by atoms with Gasteiger partial charge in [-0.2, -0.15) is 15.0 Å². The molecule has 7 nitrogen and oxygen atoms in total. The summed E-state index contributed by atoms with van der Waals surface area (Å²) in [6.45, 7) is 10.2. The Bertz CT molecular complexity index is 447. The smallest absolute Gasteiger partial charge is 0.232 e. The molecule has 0 aromatic carbocycles. The summed E-state index contributed by atoms with van der Waals surface area (Å²) in [6, 6.07) is 0. The lowest BCUT2D eigenvalue weighted by Gasteiger charge is -2.24. The summed E-state index contributed by atoms with van der Waals surface area (Å²) in [5.41, 5.74) is 0. The third kappa shape index (κ3) is 3.93. The van der Waals surface area contributed by atoms with Crippen LogP contribution in [0.25, 0.3) is 0 Å². The first-order valence-corrected chi connectivity index (χ1v) is 7.80. The summed E-state index contributed by atoms with van der Waals surface area (Å²) in [7, 11) is 4.01. The molecule has 1 aromatic rings. The van der Waals surface area contributed by atoms with Crippen LogP contribution in [0.2, 0.25) is 0 Å². The Labute approximate surface area is 127 Å². The number of nitrogens with one attached hydrogen (secondary N) is 1. The van der Waals surface area contributed by atoms with Crippen LogP contribution in [-0.2, 0) is 0 Å². The zero-order chi connectivity index (χ0) is 15.2. The molecule has 0 atom stereocenters. The molecule has 2 rings (SSSR count). The molecule has 118 valence electrons. The predicted molar refractivity (Wildman–Crippen MR) is 87.3 cm³/mol. The van der Waals surface area contributed by atoms with Crippen LogP contribution in [0.3, 0.4) is 0 Å². The van der Waals surface area contributed by atoms with E-state index in [4.69, 9.17) is 0 Å². The van der Waals surface area contributed by atoms with E-state index in [-0.39, 0.29) is 0 Å². The Hall–Kier alpha value is -1.63. The number of hydrogen-bond acceptors (Lipinski definition) is 7. The fourth-order valence-electron chi connectivity index (χ4n) is 2.50. The van der Waals surface area contributed by atoms with E-state index in [1.54, 1.807) is 0 Å². The van der Waals surface area contributed by atoms with Gasteiger partial charge in [0.2, 0.25) is 17.8 Å². The molecule has 1 aromatic heterocycles. The molecule has 1 fully saturated rings. The SMILES string of the molecule is CCN(CC)c1nc(NC)nc(N2CCCN(C)CC2)n1. The molecule has 1 saturated heterocycles. The molecule has 1 N–H and O–H groups in total. The highest BCUT2D eigenvalue weighted by atomic mass is 15.4. The van der Waals surface area contributed by atoms with Gasteiger partial charge in [-0.3, -0.25) is 0 Å². The van der Waals surface area contributed by atoms with Gasteiger partial charge < -0.3 is 20.0 Å². The minimum atomic E-state index is 0.638. The molecule has 0 aliphatic carbocycles. The molecular formula is C14H27N7. The Morgan fingerprint density at radius 2 is 1.81 bits per heavy atom. The Morgan fingerprint density at radius 3 is 2.48 bits per heavy atom. The van der Waals surface area contributed by atoms with Crippen molar-refractivity contribution in [1.82, 2.24) is 19.9 Å². The predicted octanol–water partition coefficient (Wildman–Crippen LogP) is 0.901. The monoisotopic (exact) mass is 293 g/mol. The third-order valence-corrected chi connectivity index (χ3v) is 3.88. The highest BCUT2D eigenvalue weighted by molar-refractivity contribution is 5.45. The van der Waals surface area contributed by atoms with Crippen molar-refractivity contribution in [3.63, 3.8) is 0 Å². The summed E-state index contributed by atoms with van der Waals surface area (Å²) < 4.78 is 0. The Morgan fingerprint density at radius 1 is 1.05 bits per heavy atom. The summed E-state index contributed by atoms with van der Waals surface area (Å²) in [4.78, 5) is 20.5. The fourth-order valence-corrected chi connectivity index (χ4v) is 2.50. The molecule has 0 amide bonds. The number of aromatic nitrogens is 3. The molecule has 1 aliphatic rings. The highest BCUT2D eigenvalue weighted by Gasteiger charge is 2.18.